The summed E-state index contributed by atoms with van der Waals surface area (Å²) in [6, 6.07) is 23.4. The number of amidine groups is 1. The summed E-state index contributed by atoms with van der Waals surface area (Å²) in [5.74, 6) is -3.43. The van der Waals surface area contributed by atoms with E-state index in [9.17, 15) is 19.7 Å². The lowest BCUT2D eigenvalue weighted by Crippen LogP contribution is -2.48. The highest BCUT2D eigenvalue weighted by atomic mass is 16.6. The zero-order chi connectivity index (χ0) is 34.4. The van der Waals surface area contributed by atoms with E-state index >= 15 is 0 Å². The number of esters is 2. The molecule has 5 rings (SSSR count). The second-order valence-electron chi connectivity index (χ2n) is 12.3. The van der Waals surface area contributed by atoms with Gasteiger partial charge in [0.15, 0.2) is 0 Å². The Morgan fingerprint density at radius 3 is 2.10 bits per heavy atom. The van der Waals surface area contributed by atoms with Gasteiger partial charge in [0.05, 0.1) is 28.8 Å². The van der Waals surface area contributed by atoms with Crippen molar-refractivity contribution in [2.24, 2.45) is 16.6 Å². The lowest BCUT2D eigenvalue weighted by molar-refractivity contribution is -0.384. The number of nitrogens with two attached hydrogens (primary N) is 1. The van der Waals surface area contributed by atoms with Gasteiger partial charge in [-0.15, -0.1) is 0 Å². The van der Waals surface area contributed by atoms with Gasteiger partial charge in [-0.05, 0) is 44.4 Å². The van der Waals surface area contributed by atoms with E-state index in [-0.39, 0.29) is 36.4 Å². The molecule has 0 saturated carbocycles. The molecule has 0 amide bonds. The van der Waals surface area contributed by atoms with Crippen LogP contribution in [0.15, 0.2) is 89.1 Å². The van der Waals surface area contributed by atoms with Crippen LogP contribution in [0.25, 0.3) is 0 Å². The molecule has 2 unspecified atom stereocenters. The fourth-order valence-electron chi connectivity index (χ4n) is 6.54. The Bertz CT molecular complexity index is 1650. The number of aryl methyl sites for hydroxylation is 2. The number of carbonyl (C=O) groups is 2. The van der Waals surface area contributed by atoms with Crippen molar-refractivity contribution in [2.45, 2.75) is 39.7 Å². The number of nitrogens with zero attached hydrogens (tertiary/aromatic N) is 4. The summed E-state index contributed by atoms with van der Waals surface area (Å²) in [6.45, 7) is 11.5. The summed E-state index contributed by atoms with van der Waals surface area (Å²) >= 11 is 0. The van der Waals surface area contributed by atoms with E-state index in [1.807, 2.05) is 0 Å². The third kappa shape index (κ3) is 7.80. The van der Waals surface area contributed by atoms with Gasteiger partial charge < -0.3 is 15.2 Å². The third-order valence-electron chi connectivity index (χ3n) is 9.05. The largest absolute Gasteiger partial charge is 0.465 e. The first-order valence-electron chi connectivity index (χ1n) is 16.3. The molecule has 0 aliphatic carbocycles. The van der Waals surface area contributed by atoms with Crippen LogP contribution in [0, 0.1) is 29.9 Å². The lowest BCUT2D eigenvalue weighted by atomic mass is 9.77. The topological polar surface area (TPSA) is 141 Å². The van der Waals surface area contributed by atoms with Crippen molar-refractivity contribution in [2.75, 3.05) is 45.9 Å². The minimum absolute atomic E-state index is 0.0218. The van der Waals surface area contributed by atoms with E-state index in [4.69, 9.17) is 15.2 Å². The first kappa shape index (κ1) is 34.5. The molecule has 1 fully saturated rings. The fourth-order valence-corrected chi connectivity index (χ4v) is 6.54. The number of ether oxygens (including phenoxy) is 2. The van der Waals surface area contributed by atoms with Crippen LogP contribution >= 0.6 is 0 Å². The van der Waals surface area contributed by atoms with Crippen molar-refractivity contribution in [1.82, 2.24) is 9.80 Å². The molecule has 2 N–H and O–H groups in total. The van der Waals surface area contributed by atoms with Gasteiger partial charge in [-0.3, -0.25) is 24.7 Å². The van der Waals surface area contributed by atoms with Crippen LogP contribution in [-0.2, 0) is 19.1 Å². The van der Waals surface area contributed by atoms with Crippen LogP contribution in [0.2, 0.25) is 0 Å². The predicted molar refractivity (Wildman–Crippen MR) is 183 cm³/mol. The normalized spacial score (nSPS) is 18.8. The number of hydrogen-bond acceptors (Lipinski definition) is 10. The van der Waals surface area contributed by atoms with Crippen LogP contribution in [0.1, 0.15) is 53.6 Å². The van der Waals surface area contributed by atoms with Gasteiger partial charge in [0.25, 0.3) is 5.69 Å². The number of rotatable bonds is 11. The van der Waals surface area contributed by atoms with Gasteiger partial charge in [0.1, 0.15) is 18.4 Å². The van der Waals surface area contributed by atoms with Crippen LogP contribution in [0.3, 0.4) is 0 Å². The molecular formula is C37H43N5O6. The number of nitro benzene ring substituents is 1. The molecule has 2 aliphatic rings. The minimum Gasteiger partial charge on any atom is -0.465 e. The van der Waals surface area contributed by atoms with Crippen molar-refractivity contribution < 1.29 is 24.0 Å². The molecule has 2 heterocycles. The Labute approximate surface area is 281 Å². The maximum Gasteiger partial charge on any atom is 0.336 e. The number of carbonyl (C=O) groups excluding carboxylic acids is 2. The molecule has 3 aromatic carbocycles. The monoisotopic (exact) mass is 653 g/mol. The zero-order valence-electron chi connectivity index (χ0n) is 27.9. The lowest BCUT2D eigenvalue weighted by Gasteiger charge is -2.39. The van der Waals surface area contributed by atoms with Crippen LogP contribution < -0.4 is 5.73 Å². The van der Waals surface area contributed by atoms with Gasteiger partial charge in [0, 0.05) is 50.8 Å². The number of non-ortho nitro benzene ring substituents is 1. The summed E-state index contributed by atoms with van der Waals surface area (Å²) in [7, 11) is 0. The number of allylic oxidation sites excluding steroid dienone is 1. The number of piperazine rings is 1. The molecule has 11 heteroatoms. The van der Waals surface area contributed by atoms with E-state index in [2.05, 4.69) is 77.2 Å². The van der Waals surface area contributed by atoms with Gasteiger partial charge in [-0.1, -0.05) is 71.8 Å². The van der Waals surface area contributed by atoms with Gasteiger partial charge in [-0.2, -0.15) is 0 Å². The quantitative estimate of drug-likeness (QED) is 0.171. The van der Waals surface area contributed by atoms with E-state index in [0.29, 0.717) is 17.8 Å². The highest BCUT2D eigenvalue weighted by Crippen LogP contribution is 2.40. The molecule has 0 bridgehead atoms. The standard InChI is InChI=1S/C37H43N5O6/c1-5-47-37(44)33-32(29-7-6-8-30(23-29)42(45)46)31(26(4)39-35(33)38)36(43)48-22-21-40-17-19-41(20-18-40)34(27-13-9-24(2)10-14-27)28-15-11-25(3)12-16-28/h6-16,23,32-34H,5,17-22H2,1-4H3,(H2,38,39). The summed E-state index contributed by atoms with van der Waals surface area (Å²) in [5.41, 5.74) is 11.8. The molecular weight excluding hydrogens is 610 g/mol. The predicted octanol–water partition coefficient (Wildman–Crippen LogP) is 5.07. The van der Waals surface area contributed by atoms with Crippen molar-refractivity contribution >= 4 is 23.5 Å². The summed E-state index contributed by atoms with van der Waals surface area (Å²) < 4.78 is 11.1. The molecule has 0 aromatic heterocycles. The smallest absolute Gasteiger partial charge is 0.336 e. The summed E-state index contributed by atoms with van der Waals surface area (Å²) in [6.07, 6.45) is 0. The Morgan fingerprint density at radius 2 is 1.54 bits per heavy atom. The molecule has 0 radical (unpaired) electrons. The van der Waals surface area contributed by atoms with Crippen LogP contribution in [0.4, 0.5) is 5.69 Å². The van der Waals surface area contributed by atoms with E-state index in [1.54, 1.807) is 19.9 Å². The van der Waals surface area contributed by atoms with Crippen molar-refractivity contribution in [3.8, 4) is 0 Å². The molecule has 2 atom stereocenters. The fraction of sp³-hybridized carbons (Fsp3) is 0.378. The Balaban J connectivity index is 1.27. The second-order valence-corrected chi connectivity index (χ2v) is 12.3. The van der Waals surface area contributed by atoms with E-state index < -0.39 is 28.7 Å². The van der Waals surface area contributed by atoms with E-state index in [0.717, 1.165) is 26.2 Å². The molecule has 48 heavy (non-hydrogen) atoms. The highest BCUT2D eigenvalue weighted by Gasteiger charge is 2.43. The number of aliphatic imine (C=N–C) groups is 1. The maximum absolute atomic E-state index is 13.7. The second kappa shape index (κ2) is 15.4. The number of nitro groups is 1. The van der Waals surface area contributed by atoms with Gasteiger partial charge >= 0.3 is 11.9 Å². The number of benzene rings is 3. The summed E-state index contributed by atoms with van der Waals surface area (Å²) in [4.78, 5) is 46.9. The average molecular weight is 654 g/mol. The van der Waals surface area contributed by atoms with Crippen molar-refractivity contribution in [1.29, 1.82) is 0 Å². The highest BCUT2D eigenvalue weighted by molar-refractivity contribution is 6.06. The molecule has 2 aliphatic heterocycles. The molecule has 0 spiro atoms. The van der Waals surface area contributed by atoms with Crippen LogP contribution in [-0.4, -0.2) is 78.4 Å². The summed E-state index contributed by atoms with van der Waals surface area (Å²) in [5, 5.41) is 11.6. The van der Waals surface area contributed by atoms with Crippen molar-refractivity contribution in [3.05, 3.63) is 122 Å². The van der Waals surface area contributed by atoms with Gasteiger partial charge in [-0.25, -0.2) is 9.79 Å². The maximum atomic E-state index is 13.7. The average Bonchev–Trinajstić information content (AvgIpc) is 3.07. The first-order chi connectivity index (χ1) is 23.1. The SMILES string of the molecule is CCOC(=O)C1C(N)=NC(C)=C(C(=O)OCCN2CCN(C(c3ccc(C)cc3)c3ccc(C)cc3)CC2)C1c1cccc([N+](=O)[O-])c1. The molecule has 3 aromatic rings. The first-order valence-corrected chi connectivity index (χ1v) is 16.3. The molecule has 11 nitrogen and oxygen atoms in total. The Hall–Kier alpha value is -4.87. The Kier molecular flexibility index (Phi) is 11.0. The van der Waals surface area contributed by atoms with Gasteiger partial charge in [0.2, 0.25) is 0 Å². The molecule has 1 saturated heterocycles. The minimum atomic E-state index is -1.14. The molecule has 252 valence electrons. The van der Waals surface area contributed by atoms with Crippen molar-refractivity contribution in [3.63, 3.8) is 0 Å². The van der Waals surface area contributed by atoms with Crippen LogP contribution in [0.5, 0.6) is 0 Å². The third-order valence-corrected chi connectivity index (χ3v) is 9.05. The van der Waals surface area contributed by atoms with E-state index in [1.165, 1.54) is 40.5 Å². The number of hydrogen-bond donors (Lipinski definition) is 1. The zero-order valence-corrected chi connectivity index (χ0v) is 27.9. The Morgan fingerprint density at radius 1 is 0.938 bits per heavy atom.